The van der Waals surface area contributed by atoms with Crippen molar-refractivity contribution in [2.24, 2.45) is 5.92 Å². The largest absolute Gasteiger partial charge is 0.303 e. The normalized spacial score (nSPS) is 35.5. The Bertz CT molecular complexity index is 402. The summed E-state index contributed by atoms with van der Waals surface area (Å²) < 4.78 is 0. The van der Waals surface area contributed by atoms with Gasteiger partial charge in [-0.3, -0.25) is 14.5 Å². The predicted octanol–water partition coefficient (Wildman–Crippen LogP) is 2.61. The van der Waals surface area contributed by atoms with Gasteiger partial charge in [0.05, 0.1) is 12.5 Å². The van der Waals surface area contributed by atoms with Crippen LogP contribution in [0.25, 0.3) is 0 Å². The Morgan fingerprint density at radius 3 is 2.33 bits per heavy atom. The molecule has 0 aromatic rings. The molecule has 2 saturated carbocycles. The van der Waals surface area contributed by atoms with Crippen LogP contribution in [-0.4, -0.2) is 34.8 Å². The summed E-state index contributed by atoms with van der Waals surface area (Å²) in [5.74, 6) is 0.842. The Kier molecular flexibility index (Phi) is 4.63. The van der Waals surface area contributed by atoms with Crippen LogP contribution in [0.15, 0.2) is 0 Å². The molecule has 3 aliphatic rings. The molecule has 0 aromatic heterocycles. The lowest BCUT2D eigenvalue weighted by Crippen LogP contribution is -2.46. The number of likely N-dealkylation sites (tertiary alicyclic amines) is 1. The number of nitrogens with one attached hydrogen (secondary N) is 1. The summed E-state index contributed by atoms with van der Waals surface area (Å²) in [6.45, 7) is 2.27. The lowest BCUT2D eigenvalue weighted by molar-refractivity contribution is -0.141. The van der Waals surface area contributed by atoms with Crippen molar-refractivity contribution >= 4 is 11.8 Å². The van der Waals surface area contributed by atoms with E-state index in [1.54, 1.807) is 4.90 Å². The van der Waals surface area contributed by atoms with Gasteiger partial charge in [0, 0.05) is 12.1 Å². The van der Waals surface area contributed by atoms with Crippen LogP contribution in [0.2, 0.25) is 0 Å². The van der Waals surface area contributed by atoms with Crippen molar-refractivity contribution in [2.75, 3.05) is 0 Å². The molecule has 4 nitrogen and oxygen atoms in total. The standard InChI is InChI=1S/C17H28N2O2/c1-12-8-9-13(10-12)18-15-11-16(20)19(17(15)21)14-6-4-2-3-5-7-14/h12-15,18H,2-11H2,1H3. The molecule has 2 amide bonds. The molecule has 118 valence electrons. The van der Waals surface area contributed by atoms with Crippen molar-refractivity contribution in [2.45, 2.75) is 89.3 Å². The molecule has 0 bridgehead atoms. The van der Waals surface area contributed by atoms with Crippen LogP contribution in [0.4, 0.5) is 0 Å². The molecule has 3 rings (SSSR count). The highest BCUT2D eigenvalue weighted by Gasteiger charge is 2.43. The topological polar surface area (TPSA) is 49.4 Å². The first-order valence-corrected chi connectivity index (χ1v) is 8.77. The minimum absolute atomic E-state index is 0.0476. The number of carbonyl (C=O) groups is 2. The lowest BCUT2D eigenvalue weighted by Gasteiger charge is -2.26. The molecule has 2 aliphatic carbocycles. The molecule has 21 heavy (non-hydrogen) atoms. The summed E-state index contributed by atoms with van der Waals surface area (Å²) in [6, 6.07) is 0.341. The molecule has 1 heterocycles. The summed E-state index contributed by atoms with van der Waals surface area (Å²) in [7, 11) is 0. The fourth-order valence-electron chi connectivity index (χ4n) is 4.32. The molecule has 1 N–H and O–H groups in total. The summed E-state index contributed by atoms with van der Waals surface area (Å²) in [5.41, 5.74) is 0. The fraction of sp³-hybridized carbons (Fsp3) is 0.882. The lowest BCUT2D eigenvalue weighted by atomic mass is 10.1. The van der Waals surface area contributed by atoms with Crippen LogP contribution in [0.5, 0.6) is 0 Å². The first kappa shape index (κ1) is 15.0. The number of nitrogens with zero attached hydrogens (tertiary/aromatic N) is 1. The minimum atomic E-state index is -0.254. The van der Waals surface area contributed by atoms with E-state index >= 15 is 0 Å². The van der Waals surface area contributed by atoms with Gasteiger partial charge in [0.1, 0.15) is 0 Å². The van der Waals surface area contributed by atoms with E-state index in [1.807, 2.05) is 0 Å². The van der Waals surface area contributed by atoms with E-state index in [1.165, 1.54) is 19.3 Å². The van der Waals surface area contributed by atoms with E-state index in [9.17, 15) is 9.59 Å². The third kappa shape index (κ3) is 3.31. The molecular weight excluding hydrogens is 264 g/mol. The Labute approximate surface area is 127 Å². The second kappa shape index (κ2) is 6.47. The molecule has 0 radical (unpaired) electrons. The van der Waals surface area contributed by atoms with Gasteiger partial charge in [0.15, 0.2) is 0 Å². The van der Waals surface area contributed by atoms with Gasteiger partial charge in [-0.15, -0.1) is 0 Å². The van der Waals surface area contributed by atoms with E-state index in [2.05, 4.69) is 12.2 Å². The third-order valence-electron chi connectivity index (χ3n) is 5.50. The van der Waals surface area contributed by atoms with Gasteiger partial charge in [-0.1, -0.05) is 32.6 Å². The zero-order valence-electron chi connectivity index (χ0n) is 13.1. The van der Waals surface area contributed by atoms with E-state index < -0.39 is 0 Å². The number of amides is 2. The fourth-order valence-corrected chi connectivity index (χ4v) is 4.32. The molecular formula is C17H28N2O2. The number of rotatable bonds is 3. The van der Waals surface area contributed by atoms with Crippen molar-refractivity contribution in [3.63, 3.8) is 0 Å². The number of imide groups is 1. The molecule has 3 fully saturated rings. The number of hydrogen-bond acceptors (Lipinski definition) is 3. The molecule has 0 aromatic carbocycles. The summed E-state index contributed by atoms with van der Waals surface area (Å²) in [6.07, 6.45) is 10.7. The summed E-state index contributed by atoms with van der Waals surface area (Å²) in [5, 5.41) is 3.46. The SMILES string of the molecule is CC1CCC(NC2CC(=O)N(C3CCCCCC3)C2=O)C1. The van der Waals surface area contributed by atoms with Crippen molar-refractivity contribution < 1.29 is 9.59 Å². The maximum absolute atomic E-state index is 12.6. The van der Waals surface area contributed by atoms with E-state index in [0.29, 0.717) is 12.5 Å². The molecule has 1 saturated heterocycles. The first-order valence-electron chi connectivity index (χ1n) is 8.77. The smallest absolute Gasteiger partial charge is 0.247 e. The van der Waals surface area contributed by atoms with Crippen LogP contribution in [0.3, 0.4) is 0 Å². The second-order valence-electron chi connectivity index (χ2n) is 7.29. The van der Waals surface area contributed by atoms with Gasteiger partial charge < -0.3 is 5.32 Å². The predicted molar refractivity (Wildman–Crippen MR) is 81.7 cm³/mol. The molecule has 4 heteroatoms. The van der Waals surface area contributed by atoms with Crippen molar-refractivity contribution in [1.82, 2.24) is 10.2 Å². The quantitative estimate of drug-likeness (QED) is 0.642. The van der Waals surface area contributed by atoms with Crippen LogP contribution in [-0.2, 0) is 9.59 Å². The first-order chi connectivity index (χ1) is 10.1. The average Bonchev–Trinajstić information content (AvgIpc) is 2.84. The number of hydrogen-bond donors (Lipinski definition) is 1. The van der Waals surface area contributed by atoms with Gasteiger partial charge in [-0.05, 0) is 38.0 Å². The van der Waals surface area contributed by atoms with Crippen LogP contribution in [0.1, 0.15) is 71.1 Å². The van der Waals surface area contributed by atoms with Gasteiger partial charge in [0.25, 0.3) is 0 Å². The van der Waals surface area contributed by atoms with E-state index in [-0.39, 0.29) is 23.9 Å². The Morgan fingerprint density at radius 1 is 1.00 bits per heavy atom. The van der Waals surface area contributed by atoms with Gasteiger partial charge >= 0.3 is 0 Å². The molecule has 3 atom stereocenters. The summed E-state index contributed by atoms with van der Waals surface area (Å²) in [4.78, 5) is 26.6. The van der Waals surface area contributed by atoms with Crippen LogP contribution in [0, 0.1) is 5.92 Å². The van der Waals surface area contributed by atoms with Crippen molar-refractivity contribution in [3.8, 4) is 0 Å². The Hall–Kier alpha value is -0.900. The zero-order valence-corrected chi connectivity index (χ0v) is 13.1. The highest BCUT2D eigenvalue weighted by Crippen LogP contribution is 2.29. The van der Waals surface area contributed by atoms with E-state index in [0.717, 1.165) is 44.4 Å². The van der Waals surface area contributed by atoms with E-state index in [4.69, 9.17) is 0 Å². The summed E-state index contributed by atoms with van der Waals surface area (Å²) >= 11 is 0. The van der Waals surface area contributed by atoms with Gasteiger partial charge in [-0.25, -0.2) is 0 Å². The highest BCUT2D eigenvalue weighted by atomic mass is 16.2. The zero-order chi connectivity index (χ0) is 14.8. The minimum Gasteiger partial charge on any atom is -0.303 e. The monoisotopic (exact) mass is 292 g/mol. The van der Waals surface area contributed by atoms with Crippen LogP contribution >= 0.6 is 0 Å². The maximum Gasteiger partial charge on any atom is 0.247 e. The van der Waals surface area contributed by atoms with Crippen LogP contribution < -0.4 is 5.32 Å². The van der Waals surface area contributed by atoms with Crippen molar-refractivity contribution in [3.05, 3.63) is 0 Å². The molecule has 1 aliphatic heterocycles. The molecule has 3 unspecified atom stereocenters. The Balaban J connectivity index is 1.61. The van der Waals surface area contributed by atoms with Crippen molar-refractivity contribution in [1.29, 1.82) is 0 Å². The molecule has 0 spiro atoms. The third-order valence-corrected chi connectivity index (χ3v) is 5.50. The average molecular weight is 292 g/mol. The van der Waals surface area contributed by atoms with Gasteiger partial charge in [-0.2, -0.15) is 0 Å². The second-order valence-corrected chi connectivity index (χ2v) is 7.29. The Morgan fingerprint density at radius 2 is 1.71 bits per heavy atom. The maximum atomic E-state index is 12.6. The van der Waals surface area contributed by atoms with Gasteiger partial charge in [0.2, 0.25) is 11.8 Å². The number of carbonyl (C=O) groups excluding carboxylic acids is 2. The highest BCUT2D eigenvalue weighted by molar-refractivity contribution is 6.05.